The Morgan fingerprint density at radius 2 is 1.90 bits per heavy atom. The minimum atomic E-state index is -0.741. The molecule has 0 radical (unpaired) electrons. The van der Waals surface area contributed by atoms with Crippen molar-refractivity contribution in [2.45, 2.75) is 45.8 Å². The molecular weight excluding hydrogens is 602 g/mol. The number of ether oxygens (including phenoxy) is 1. The Kier molecular flexibility index (Phi) is 6.88. The Morgan fingerprint density at radius 1 is 1.14 bits per heavy atom. The molecule has 4 heterocycles. The predicted molar refractivity (Wildman–Crippen MR) is 159 cm³/mol. The number of hydrogen-bond donors (Lipinski definition) is 1. The summed E-state index contributed by atoms with van der Waals surface area (Å²) < 4.78 is 7.43. The molecule has 3 atom stereocenters. The smallest absolute Gasteiger partial charge is 0.248 e. The van der Waals surface area contributed by atoms with Crippen molar-refractivity contribution >= 4 is 50.2 Å². The second-order valence-electron chi connectivity index (χ2n) is 10.8. The number of hydrogen-bond acceptors (Lipinski definition) is 8. The molecular formula is C30H28BrN7O4. The number of fused-ring (bicyclic) bond motifs is 2. The van der Waals surface area contributed by atoms with E-state index in [1.807, 2.05) is 44.2 Å². The molecule has 4 aromatic rings. The quantitative estimate of drug-likeness (QED) is 0.181. The number of aryl methyl sites for hydroxylation is 1. The third-order valence-electron chi connectivity index (χ3n) is 7.96. The number of aromatic nitrogens is 5. The van der Waals surface area contributed by atoms with Crippen molar-refractivity contribution in [3.05, 3.63) is 71.0 Å². The molecule has 3 aromatic heterocycles. The molecule has 1 N–H and O–H groups in total. The van der Waals surface area contributed by atoms with Crippen molar-refractivity contribution in [1.29, 1.82) is 0 Å². The van der Waals surface area contributed by atoms with Gasteiger partial charge in [0, 0.05) is 35.7 Å². The summed E-state index contributed by atoms with van der Waals surface area (Å²) >= 11 is 3.33. The number of methoxy groups -OCH3 is 1. The van der Waals surface area contributed by atoms with Gasteiger partial charge in [-0.3, -0.25) is 19.1 Å². The number of amides is 2. The third kappa shape index (κ3) is 4.75. The van der Waals surface area contributed by atoms with Gasteiger partial charge in [0.1, 0.15) is 28.7 Å². The zero-order valence-corrected chi connectivity index (χ0v) is 25.0. The van der Waals surface area contributed by atoms with Crippen LogP contribution in [0.4, 0.5) is 5.82 Å². The summed E-state index contributed by atoms with van der Waals surface area (Å²) in [6.45, 7) is 5.16. The summed E-state index contributed by atoms with van der Waals surface area (Å²) in [5.41, 5.74) is 2.22. The fraction of sp³-hybridized carbons (Fsp3) is 0.300. The van der Waals surface area contributed by atoms with E-state index in [2.05, 4.69) is 41.3 Å². The predicted octanol–water partition coefficient (Wildman–Crippen LogP) is 4.35. The highest BCUT2D eigenvalue weighted by Gasteiger charge is 2.55. The Bertz CT molecular complexity index is 1780. The molecule has 1 aromatic carbocycles. The fourth-order valence-corrected chi connectivity index (χ4v) is 6.04. The Balaban J connectivity index is 1.31. The van der Waals surface area contributed by atoms with Crippen molar-refractivity contribution in [2.75, 3.05) is 12.4 Å². The molecule has 1 fully saturated rings. The topological polar surface area (TPSA) is 132 Å². The van der Waals surface area contributed by atoms with Gasteiger partial charge in [0.2, 0.25) is 11.8 Å². The number of Topliss-reactive ketones (excluding diaryl/α,β-unsaturated/α-hetero) is 1. The van der Waals surface area contributed by atoms with E-state index in [0.717, 1.165) is 11.1 Å². The van der Waals surface area contributed by atoms with Crippen LogP contribution >= 0.6 is 15.9 Å². The lowest BCUT2D eigenvalue weighted by Crippen LogP contribution is -2.50. The first-order valence-corrected chi connectivity index (χ1v) is 14.2. The summed E-state index contributed by atoms with van der Waals surface area (Å²) in [5, 5.41) is 8.02. The van der Waals surface area contributed by atoms with Gasteiger partial charge >= 0.3 is 0 Å². The number of nitrogens with zero attached hydrogens (tertiary/aromatic N) is 6. The number of halogens is 1. The summed E-state index contributed by atoms with van der Waals surface area (Å²) in [7, 11) is 1.50. The average Bonchev–Trinajstić information content (AvgIpc) is 3.41. The number of ketones is 1. The van der Waals surface area contributed by atoms with Crippen molar-refractivity contribution in [2.24, 2.45) is 5.41 Å². The van der Waals surface area contributed by atoms with E-state index < -0.39 is 6.04 Å². The normalized spacial score (nSPS) is 20.7. The van der Waals surface area contributed by atoms with Crippen molar-refractivity contribution < 1.29 is 19.1 Å². The number of nitrogens with one attached hydrogen (secondary N) is 1. The number of carbonyl (C=O) groups excluding carboxylic acids is 3. The molecule has 1 saturated heterocycles. The maximum atomic E-state index is 13.9. The molecule has 214 valence electrons. The minimum absolute atomic E-state index is 0.139. The molecule has 6 rings (SSSR count). The maximum absolute atomic E-state index is 13.9. The van der Waals surface area contributed by atoms with Gasteiger partial charge in [0.25, 0.3) is 0 Å². The number of carbonyl (C=O) groups is 3. The van der Waals surface area contributed by atoms with Crippen LogP contribution in [0.1, 0.15) is 36.6 Å². The van der Waals surface area contributed by atoms with Gasteiger partial charge in [0.05, 0.1) is 18.7 Å². The highest BCUT2D eigenvalue weighted by molar-refractivity contribution is 9.10. The molecule has 2 aliphatic rings. The first-order valence-electron chi connectivity index (χ1n) is 13.4. The zero-order valence-electron chi connectivity index (χ0n) is 23.5. The molecule has 12 heteroatoms. The van der Waals surface area contributed by atoms with Gasteiger partial charge in [-0.2, -0.15) is 5.10 Å². The SMILES string of the molecule is COc1ccc(Br)nc1NC(=O)[C@@H]1C[C@@]2(C)C=C[C@H]2N1C(=O)Cn1nc(C(C)=O)c2cc(-c3cnc(C)nc3)ccc21. The highest BCUT2D eigenvalue weighted by Crippen LogP contribution is 2.49. The lowest BCUT2D eigenvalue weighted by Gasteiger charge is -2.38. The van der Waals surface area contributed by atoms with Gasteiger partial charge in [-0.1, -0.05) is 25.1 Å². The lowest BCUT2D eigenvalue weighted by molar-refractivity contribution is -0.139. The van der Waals surface area contributed by atoms with Crippen LogP contribution in [0.3, 0.4) is 0 Å². The van der Waals surface area contributed by atoms with Crippen LogP contribution in [0, 0.1) is 12.3 Å². The van der Waals surface area contributed by atoms with Crippen LogP contribution in [0.25, 0.3) is 22.0 Å². The standard InChI is InChI=1S/C30H28BrN7O4/c1-16(39)27-20-11-18(19-13-32-17(2)33-14-19)5-6-21(20)37(36-27)15-26(40)38-22(12-30(3)10-9-24(30)38)29(41)35-28-23(42-4)7-8-25(31)34-28/h5-11,13-14,22,24H,12,15H2,1-4H3,(H,34,35,41)/t22-,24+,30+/m0/s1. The van der Waals surface area contributed by atoms with Crippen LogP contribution in [-0.2, 0) is 16.1 Å². The Labute approximate surface area is 250 Å². The van der Waals surface area contributed by atoms with Crippen LogP contribution in [0.5, 0.6) is 5.75 Å². The fourth-order valence-electron chi connectivity index (χ4n) is 5.73. The second-order valence-corrected chi connectivity index (χ2v) is 11.6. The number of pyridine rings is 1. The van der Waals surface area contributed by atoms with Crippen LogP contribution in [0.15, 0.2) is 59.5 Å². The zero-order chi connectivity index (χ0) is 29.8. The van der Waals surface area contributed by atoms with E-state index in [1.165, 1.54) is 18.7 Å². The monoisotopic (exact) mass is 629 g/mol. The first-order chi connectivity index (χ1) is 20.1. The van der Waals surface area contributed by atoms with E-state index >= 15 is 0 Å². The number of anilines is 1. The Hall–Kier alpha value is -4.45. The molecule has 0 saturated carbocycles. The molecule has 0 bridgehead atoms. The minimum Gasteiger partial charge on any atom is -0.493 e. The van der Waals surface area contributed by atoms with Crippen LogP contribution in [0.2, 0.25) is 0 Å². The summed E-state index contributed by atoms with van der Waals surface area (Å²) in [4.78, 5) is 54.6. The molecule has 11 nitrogen and oxygen atoms in total. The maximum Gasteiger partial charge on any atom is 0.248 e. The third-order valence-corrected chi connectivity index (χ3v) is 8.40. The molecule has 42 heavy (non-hydrogen) atoms. The van der Waals surface area contributed by atoms with Crippen molar-refractivity contribution in [3.8, 4) is 16.9 Å². The molecule has 1 aliphatic heterocycles. The first kappa shape index (κ1) is 27.7. The lowest BCUT2D eigenvalue weighted by atomic mass is 9.73. The van der Waals surface area contributed by atoms with E-state index in [0.29, 0.717) is 33.5 Å². The van der Waals surface area contributed by atoms with E-state index in [4.69, 9.17) is 4.74 Å². The van der Waals surface area contributed by atoms with Crippen LogP contribution in [-0.4, -0.2) is 66.4 Å². The average molecular weight is 631 g/mol. The highest BCUT2D eigenvalue weighted by atomic mass is 79.9. The summed E-state index contributed by atoms with van der Waals surface area (Å²) in [6.07, 6.45) is 7.90. The second kappa shape index (κ2) is 10.4. The summed E-state index contributed by atoms with van der Waals surface area (Å²) in [6, 6.07) is 8.03. The van der Waals surface area contributed by atoms with Crippen molar-refractivity contribution in [1.82, 2.24) is 29.6 Å². The number of benzene rings is 1. The van der Waals surface area contributed by atoms with E-state index in [1.54, 1.807) is 29.4 Å². The molecule has 2 amide bonds. The van der Waals surface area contributed by atoms with E-state index in [-0.39, 0.29) is 47.1 Å². The van der Waals surface area contributed by atoms with Gasteiger partial charge in [-0.25, -0.2) is 15.0 Å². The largest absolute Gasteiger partial charge is 0.493 e. The van der Waals surface area contributed by atoms with Gasteiger partial charge in [0.15, 0.2) is 17.4 Å². The van der Waals surface area contributed by atoms with Gasteiger partial charge < -0.3 is 15.0 Å². The number of likely N-dealkylation sites (tertiary alicyclic amines) is 1. The van der Waals surface area contributed by atoms with Crippen LogP contribution < -0.4 is 10.1 Å². The molecule has 1 aliphatic carbocycles. The van der Waals surface area contributed by atoms with Gasteiger partial charge in [-0.15, -0.1) is 0 Å². The van der Waals surface area contributed by atoms with Gasteiger partial charge in [-0.05, 0) is 59.1 Å². The summed E-state index contributed by atoms with van der Waals surface area (Å²) in [5.74, 6) is 0.481. The van der Waals surface area contributed by atoms with E-state index in [9.17, 15) is 14.4 Å². The Morgan fingerprint density at radius 3 is 2.57 bits per heavy atom. The molecule has 0 spiro atoms. The van der Waals surface area contributed by atoms with Crippen molar-refractivity contribution in [3.63, 3.8) is 0 Å². The molecule has 0 unspecified atom stereocenters. The number of rotatable bonds is 7.